The van der Waals surface area contributed by atoms with Gasteiger partial charge in [-0.15, -0.1) is 0 Å². The first-order valence-corrected chi connectivity index (χ1v) is 6.03. The third kappa shape index (κ3) is 2.90. The number of carboxylic acids is 1. The number of anilines is 1. The number of benzene rings is 1. The monoisotopic (exact) mass is 266 g/mol. The molecule has 3 N–H and O–H groups in total. The molecule has 102 valence electrons. The van der Waals surface area contributed by atoms with E-state index in [9.17, 15) is 14.0 Å². The van der Waals surface area contributed by atoms with Gasteiger partial charge in [-0.2, -0.15) is 0 Å². The highest BCUT2D eigenvalue weighted by molar-refractivity contribution is 5.94. The van der Waals surface area contributed by atoms with Crippen molar-refractivity contribution < 1.29 is 19.1 Å². The number of nitrogens with one attached hydrogen (secondary N) is 2. The first kappa shape index (κ1) is 13.5. The number of aromatic carboxylic acids is 1. The molecule has 0 aromatic heterocycles. The fourth-order valence-corrected chi connectivity index (χ4v) is 1.90. The molecular weight excluding hydrogens is 251 g/mol. The van der Waals surface area contributed by atoms with Crippen LogP contribution in [0, 0.1) is 17.7 Å². The van der Waals surface area contributed by atoms with Crippen LogP contribution in [0.3, 0.4) is 0 Å². The maximum Gasteiger partial charge on any atom is 0.338 e. The predicted octanol–water partition coefficient (Wildman–Crippen LogP) is 1.32. The highest BCUT2D eigenvalue weighted by Crippen LogP contribution is 2.19. The predicted molar refractivity (Wildman–Crippen MR) is 67.5 cm³/mol. The Morgan fingerprint density at radius 1 is 1.47 bits per heavy atom. The summed E-state index contributed by atoms with van der Waals surface area (Å²) in [5.74, 6) is -2.24. The van der Waals surface area contributed by atoms with Gasteiger partial charge in [-0.3, -0.25) is 4.79 Å². The number of hydrogen-bond donors (Lipinski definition) is 3. The number of carbonyl (C=O) groups is 2. The van der Waals surface area contributed by atoms with Crippen LogP contribution >= 0.6 is 0 Å². The van der Waals surface area contributed by atoms with E-state index in [0.717, 1.165) is 25.2 Å². The van der Waals surface area contributed by atoms with Crippen LogP contribution in [0.25, 0.3) is 0 Å². The highest BCUT2D eigenvalue weighted by atomic mass is 19.1. The molecule has 1 aliphatic rings. The zero-order valence-electron chi connectivity index (χ0n) is 10.4. The lowest BCUT2D eigenvalue weighted by Gasteiger charge is -2.31. The molecule has 2 rings (SSSR count). The van der Waals surface area contributed by atoms with Crippen molar-refractivity contribution in [3.05, 3.63) is 29.6 Å². The average Bonchev–Trinajstić information content (AvgIpc) is 2.25. The number of rotatable bonds is 4. The number of carboxylic acid groups (broad SMARTS) is 1. The largest absolute Gasteiger partial charge is 0.478 e. The Balaban J connectivity index is 2.04. The van der Waals surface area contributed by atoms with E-state index >= 15 is 0 Å². The maximum absolute atomic E-state index is 13.4. The van der Waals surface area contributed by atoms with Crippen molar-refractivity contribution in [3.8, 4) is 0 Å². The van der Waals surface area contributed by atoms with Gasteiger partial charge in [-0.25, -0.2) is 9.18 Å². The van der Waals surface area contributed by atoms with Gasteiger partial charge in [0.05, 0.1) is 5.56 Å². The minimum absolute atomic E-state index is 0.163. The number of carbonyl (C=O) groups excluding carboxylic acids is 1. The summed E-state index contributed by atoms with van der Waals surface area (Å²) >= 11 is 0. The molecule has 1 amide bonds. The van der Waals surface area contributed by atoms with E-state index in [1.165, 1.54) is 6.07 Å². The van der Waals surface area contributed by atoms with Crippen molar-refractivity contribution >= 4 is 17.6 Å². The van der Waals surface area contributed by atoms with E-state index in [1.54, 1.807) is 0 Å². The molecular formula is C13H15FN2O3. The molecule has 1 heterocycles. The summed E-state index contributed by atoms with van der Waals surface area (Å²) in [4.78, 5) is 22.6. The van der Waals surface area contributed by atoms with E-state index in [1.807, 2.05) is 6.92 Å². The normalized spacial score (nSPS) is 16.5. The zero-order chi connectivity index (χ0) is 14.0. The Morgan fingerprint density at radius 2 is 2.16 bits per heavy atom. The molecule has 1 unspecified atom stereocenters. The second-order valence-electron chi connectivity index (χ2n) is 4.70. The van der Waals surface area contributed by atoms with Gasteiger partial charge < -0.3 is 15.7 Å². The van der Waals surface area contributed by atoms with E-state index in [4.69, 9.17) is 5.11 Å². The van der Waals surface area contributed by atoms with Crippen LogP contribution < -0.4 is 10.6 Å². The molecule has 0 aliphatic carbocycles. The standard InChI is InChI=1S/C13H15FN2O3/c1-7(8-5-15-6-8)12(17)16-9-2-3-10(13(18)19)11(14)4-9/h2-4,7-8,15H,5-6H2,1H3,(H,16,17)(H,18,19). The Bertz CT molecular complexity index is 515. The molecule has 6 heteroatoms. The van der Waals surface area contributed by atoms with Gasteiger partial charge >= 0.3 is 5.97 Å². The van der Waals surface area contributed by atoms with Crippen LogP contribution in [0.1, 0.15) is 17.3 Å². The zero-order valence-corrected chi connectivity index (χ0v) is 10.4. The molecule has 1 aromatic carbocycles. The van der Waals surface area contributed by atoms with Crippen molar-refractivity contribution in [1.29, 1.82) is 0 Å². The maximum atomic E-state index is 13.4. The lowest BCUT2D eigenvalue weighted by molar-refractivity contribution is -0.121. The summed E-state index contributed by atoms with van der Waals surface area (Å²) in [5, 5.41) is 14.4. The van der Waals surface area contributed by atoms with Gasteiger partial charge in [-0.1, -0.05) is 6.92 Å². The topological polar surface area (TPSA) is 78.4 Å². The van der Waals surface area contributed by atoms with Gasteiger partial charge in [0.2, 0.25) is 5.91 Å². The number of hydrogen-bond acceptors (Lipinski definition) is 3. The molecule has 1 aliphatic heterocycles. The van der Waals surface area contributed by atoms with Gasteiger partial charge in [0.15, 0.2) is 0 Å². The Hall–Kier alpha value is -1.95. The molecule has 1 saturated heterocycles. The van der Waals surface area contributed by atoms with Gasteiger partial charge in [0.1, 0.15) is 5.82 Å². The van der Waals surface area contributed by atoms with Crippen LogP contribution in [-0.2, 0) is 4.79 Å². The Morgan fingerprint density at radius 3 is 2.63 bits per heavy atom. The quantitative estimate of drug-likeness (QED) is 0.768. The van der Waals surface area contributed by atoms with Crippen molar-refractivity contribution in [3.63, 3.8) is 0 Å². The highest BCUT2D eigenvalue weighted by Gasteiger charge is 2.28. The Kier molecular flexibility index (Phi) is 3.80. The van der Waals surface area contributed by atoms with Crippen molar-refractivity contribution in [2.24, 2.45) is 11.8 Å². The molecule has 0 radical (unpaired) electrons. The number of amides is 1. The van der Waals surface area contributed by atoms with Crippen molar-refractivity contribution in [2.75, 3.05) is 18.4 Å². The van der Waals surface area contributed by atoms with Crippen LogP contribution in [0.4, 0.5) is 10.1 Å². The second-order valence-corrected chi connectivity index (χ2v) is 4.70. The van der Waals surface area contributed by atoms with Crippen molar-refractivity contribution in [1.82, 2.24) is 5.32 Å². The van der Waals surface area contributed by atoms with Crippen LogP contribution in [0.15, 0.2) is 18.2 Å². The van der Waals surface area contributed by atoms with Gasteiger partial charge in [0, 0.05) is 11.6 Å². The molecule has 1 fully saturated rings. The van der Waals surface area contributed by atoms with Crippen LogP contribution in [0.2, 0.25) is 0 Å². The number of halogens is 1. The minimum atomic E-state index is -1.33. The summed E-state index contributed by atoms with van der Waals surface area (Å²) < 4.78 is 13.4. The lowest BCUT2D eigenvalue weighted by Crippen LogP contribution is -2.48. The van der Waals surface area contributed by atoms with Crippen LogP contribution in [-0.4, -0.2) is 30.1 Å². The molecule has 0 spiro atoms. The van der Waals surface area contributed by atoms with E-state index in [0.29, 0.717) is 5.92 Å². The molecule has 1 aromatic rings. The molecule has 19 heavy (non-hydrogen) atoms. The minimum Gasteiger partial charge on any atom is -0.478 e. The third-order valence-electron chi connectivity index (χ3n) is 3.40. The van der Waals surface area contributed by atoms with E-state index in [-0.39, 0.29) is 17.5 Å². The fourth-order valence-electron chi connectivity index (χ4n) is 1.90. The van der Waals surface area contributed by atoms with Crippen LogP contribution in [0.5, 0.6) is 0 Å². The lowest BCUT2D eigenvalue weighted by atomic mass is 9.88. The summed E-state index contributed by atoms with van der Waals surface area (Å²) in [6, 6.07) is 3.55. The second kappa shape index (κ2) is 5.36. The SMILES string of the molecule is CC(C(=O)Nc1ccc(C(=O)O)c(F)c1)C1CNC1. The summed E-state index contributed by atoms with van der Waals surface area (Å²) in [7, 11) is 0. The third-order valence-corrected chi connectivity index (χ3v) is 3.40. The van der Waals surface area contributed by atoms with Crippen molar-refractivity contribution in [2.45, 2.75) is 6.92 Å². The van der Waals surface area contributed by atoms with Gasteiger partial charge in [0.25, 0.3) is 0 Å². The molecule has 5 nitrogen and oxygen atoms in total. The van der Waals surface area contributed by atoms with E-state index < -0.39 is 17.3 Å². The molecule has 1 atom stereocenters. The van der Waals surface area contributed by atoms with E-state index in [2.05, 4.69) is 10.6 Å². The molecule has 0 bridgehead atoms. The fraction of sp³-hybridized carbons (Fsp3) is 0.385. The first-order valence-electron chi connectivity index (χ1n) is 6.03. The van der Waals surface area contributed by atoms with Gasteiger partial charge in [-0.05, 0) is 37.2 Å². The smallest absolute Gasteiger partial charge is 0.338 e. The first-order chi connectivity index (χ1) is 8.99. The summed E-state index contributed by atoms with van der Waals surface area (Å²) in [6.07, 6.45) is 0. The average molecular weight is 266 g/mol. The summed E-state index contributed by atoms with van der Waals surface area (Å²) in [5.41, 5.74) is -0.138. The summed E-state index contributed by atoms with van der Waals surface area (Å²) in [6.45, 7) is 3.44. The molecule has 0 saturated carbocycles. The Labute approximate surface area is 109 Å².